The fraction of sp³-hybridized carbons (Fsp3) is 0.467. The van der Waals surface area contributed by atoms with Gasteiger partial charge in [0.15, 0.2) is 0 Å². The molecular formula is C15H18FN5O. The minimum atomic E-state index is -0.400. The third-order valence-corrected chi connectivity index (χ3v) is 4.19. The van der Waals surface area contributed by atoms with Gasteiger partial charge in [-0.2, -0.15) is 0 Å². The lowest BCUT2D eigenvalue weighted by molar-refractivity contribution is -0.121. The molecule has 0 saturated heterocycles. The number of aromatic nitrogens is 4. The molecule has 0 bridgehead atoms. The molecule has 0 unspecified atom stereocenters. The summed E-state index contributed by atoms with van der Waals surface area (Å²) in [7, 11) is 0. The number of tetrazole rings is 1. The van der Waals surface area contributed by atoms with Crippen molar-refractivity contribution in [1.29, 1.82) is 0 Å². The highest BCUT2D eigenvalue weighted by molar-refractivity contribution is 5.92. The summed E-state index contributed by atoms with van der Waals surface area (Å²) in [6, 6.07) is 6.24. The van der Waals surface area contributed by atoms with Crippen molar-refractivity contribution in [3.05, 3.63) is 36.4 Å². The Balaban J connectivity index is 1.50. The van der Waals surface area contributed by atoms with E-state index < -0.39 is 5.82 Å². The molecule has 1 saturated carbocycles. The topological polar surface area (TPSA) is 72.7 Å². The van der Waals surface area contributed by atoms with Crippen molar-refractivity contribution >= 4 is 11.6 Å². The van der Waals surface area contributed by atoms with E-state index in [9.17, 15) is 9.18 Å². The average Bonchev–Trinajstić information content (AvgIpc) is 3.03. The van der Waals surface area contributed by atoms with Crippen LogP contribution in [0.3, 0.4) is 0 Å². The fourth-order valence-electron chi connectivity index (χ4n) is 2.93. The lowest BCUT2D eigenvalue weighted by Gasteiger charge is -2.27. The monoisotopic (exact) mass is 303 g/mol. The smallest absolute Gasteiger partial charge is 0.227 e. The lowest BCUT2D eigenvalue weighted by Crippen LogP contribution is -2.28. The fourth-order valence-corrected chi connectivity index (χ4v) is 2.93. The SMILES string of the molecule is O=C(Nc1ccccc1F)C1CCC(Cn2cnnn2)CC1. The Morgan fingerprint density at radius 3 is 2.73 bits per heavy atom. The van der Waals surface area contributed by atoms with Crippen molar-refractivity contribution in [3.63, 3.8) is 0 Å². The quantitative estimate of drug-likeness (QED) is 0.940. The van der Waals surface area contributed by atoms with E-state index in [1.165, 1.54) is 6.07 Å². The Kier molecular flexibility index (Phi) is 4.41. The van der Waals surface area contributed by atoms with Crippen molar-refractivity contribution in [2.75, 3.05) is 5.32 Å². The Hall–Kier alpha value is -2.31. The summed E-state index contributed by atoms with van der Waals surface area (Å²) in [6.07, 6.45) is 5.14. The largest absolute Gasteiger partial charge is 0.323 e. The number of rotatable bonds is 4. The third kappa shape index (κ3) is 3.47. The van der Waals surface area contributed by atoms with Gasteiger partial charge in [0.25, 0.3) is 0 Å². The summed E-state index contributed by atoms with van der Waals surface area (Å²) in [5, 5.41) is 13.8. The molecule has 1 fully saturated rings. The molecule has 0 radical (unpaired) electrons. The predicted octanol–water partition coefficient (Wildman–Crippen LogP) is 2.26. The molecule has 1 aromatic heterocycles. The first-order valence-electron chi connectivity index (χ1n) is 7.48. The van der Waals surface area contributed by atoms with Crippen molar-refractivity contribution in [3.8, 4) is 0 Å². The molecule has 1 amide bonds. The Labute approximate surface area is 127 Å². The predicted molar refractivity (Wildman–Crippen MR) is 78.3 cm³/mol. The van der Waals surface area contributed by atoms with Gasteiger partial charge >= 0.3 is 0 Å². The Bertz CT molecular complexity index is 623. The summed E-state index contributed by atoms with van der Waals surface area (Å²) in [5.74, 6) is -0.0556. The van der Waals surface area contributed by atoms with Crippen LogP contribution in [0, 0.1) is 17.7 Å². The highest BCUT2D eigenvalue weighted by Gasteiger charge is 2.27. The van der Waals surface area contributed by atoms with Gasteiger partial charge in [0.05, 0.1) is 5.69 Å². The summed E-state index contributed by atoms with van der Waals surface area (Å²) in [4.78, 5) is 12.2. The molecule has 0 spiro atoms. The number of carbonyl (C=O) groups is 1. The van der Waals surface area contributed by atoms with E-state index in [2.05, 4.69) is 20.8 Å². The van der Waals surface area contributed by atoms with E-state index in [0.717, 1.165) is 32.2 Å². The van der Waals surface area contributed by atoms with Crippen molar-refractivity contribution < 1.29 is 9.18 Å². The van der Waals surface area contributed by atoms with Crippen LogP contribution in [0.4, 0.5) is 10.1 Å². The highest BCUT2D eigenvalue weighted by Crippen LogP contribution is 2.30. The summed E-state index contributed by atoms with van der Waals surface area (Å²) in [6.45, 7) is 0.786. The number of amides is 1. The van der Waals surface area contributed by atoms with E-state index in [1.54, 1.807) is 29.2 Å². The van der Waals surface area contributed by atoms with Crippen LogP contribution in [-0.4, -0.2) is 26.1 Å². The van der Waals surface area contributed by atoms with E-state index in [4.69, 9.17) is 0 Å². The molecule has 2 aromatic rings. The minimum Gasteiger partial charge on any atom is -0.323 e. The van der Waals surface area contributed by atoms with Gasteiger partial charge in [0, 0.05) is 12.5 Å². The van der Waals surface area contributed by atoms with E-state index in [1.807, 2.05) is 0 Å². The van der Waals surface area contributed by atoms with Crippen LogP contribution in [-0.2, 0) is 11.3 Å². The van der Waals surface area contributed by atoms with Crippen LogP contribution < -0.4 is 5.32 Å². The molecule has 1 aromatic carbocycles. The average molecular weight is 303 g/mol. The lowest BCUT2D eigenvalue weighted by atomic mass is 9.81. The number of hydrogen-bond acceptors (Lipinski definition) is 4. The van der Waals surface area contributed by atoms with Gasteiger partial charge in [0.1, 0.15) is 12.1 Å². The van der Waals surface area contributed by atoms with E-state index >= 15 is 0 Å². The van der Waals surface area contributed by atoms with Crippen LogP contribution in [0.15, 0.2) is 30.6 Å². The van der Waals surface area contributed by atoms with Gasteiger partial charge in [-0.1, -0.05) is 12.1 Å². The maximum atomic E-state index is 13.6. The van der Waals surface area contributed by atoms with Crippen LogP contribution >= 0.6 is 0 Å². The molecule has 0 aliphatic heterocycles. The Morgan fingerprint density at radius 2 is 2.05 bits per heavy atom. The number of halogens is 1. The van der Waals surface area contributed by atoms with Gasteiger partial charge in [-0.05, 0) is 54.2 Å². The number of hydrogen-bond donors (Lipinski definition) is 1. The second-order valence-corrected chi connectivity index (χ2v) is 5.72. The summed E-state index contributed by atoms with van der Waals surface area (Å²) >= 11 is 0. The molecular weight excluding hydrogens is 285 g/mol. The van der Waals surface area contributed by atoms with E-state index in [0.29, 0.717) is 5.92 Å². The normalized spacial score (nSPS) is 21.5. The van der Waals surface area contributed by atoms with Crippen LogP contribution in [0.25, 0.3) is 0 Å². The van der Waals surface area contributed by atoms with E-state index in [-0.39, 0.29) is 17.5 Å². The molecule has 1 N–H and O–H groups in total. The molecule has 7 heteroatoms. The number of anilines is 1. The molecule has 1 aliphatic carbocycles. The standard InChI is InChI=1S/C15H18FN5O/c16-13-3-1-2-4-14(13)18-15(22)12-7-5-11(6-8-12)9-21-10-17-19-20-21/h1-4,10-12H,5-9H2,(H,18,22). The molecule has 6 nitrogen and oxygen atoms in total. The number of nitrogens with one attached hydrogen (secondary N) is 1. The molecule has 22 heavy (non-hydrogen) atoms. The van der Waals surface area contributed by atoms with Gasteiger partial charge in [-0.3, -0.25) is 4.79 Å². The van der Waals surface area contributed by atoms with Crippen LogP contribution in [0.1, 0.15) is 25.7 Å². The first kappa shape index (κ1) is 14.6. The number of para-hydroxylation sites is 1. The molecule has 1 heterocycles. The van der Waals surface area contributed by atoms with Crippen molar-refractivity contribution in [1.82, 2.24) is 20.2 Å². The maximum absolute atomic E-state index is 13.6. The zero-order valence-electron chi connectivity index (χ0n) is 12.2. The third-order valence-electron chi connectivity index (χ3n) is 4.19. The Morgan fingerprint density at radius 1 is 1.27 bits per heavy atom. The van der Waals surface area contributed by atoms with Crippen LogP contribution in [0.2, 0.25) is 0 Å². The first-order chi connectivity index (χ1) is 10.7. The van der Waals surface area contributed by atoms with Gasteiger partial charge < -0.3 is 5.32 Å². The van der Waals surface area contributed by atoms with Gasteiger partial charge in [-0.15, -0.1) is 5.10 Å². The summed E-state index contributed by atoms with van der Waals surface area (Å²) in [5.41, 5.74) is 0.253. The zero-order valence-corrected chi connectivity index (χ0v) is 12.2. The first-order valence-corrected chi connectivity index (χ1v) is 7.48. The zero-order chi connectivity index (χ0) is 15.4. The number of carbonyl (C=O) groups excluding carboxylic acids is 1. The van der Waals surface area contributed by atoms with Crippen molar-refractivity contribution in [2.45, 2.75) is 32.2 Å². The maximum Gasteiger partial charge on any atom is 0.227 e. The highest BCUT2D eigenvalue weighted by atomic mass is 19.1. The molecule has 0 atom stereocenters. The molecule has 3 rings (SSSR count). The minimum absolute atomic E-state index is 0.0512. The van der Waals surface area contributed by atoms with Gasteiger partial charge in [0.2, 0.25) is 5.91 Å². The van der Waals surface area contributed by atoms with Crippen molar-refractivity contribution in [2.24, 2.45) is 11.8 Å². The second kappa shape index (κ2) is 6.64. The number of nitrogens with zero attached hydrogens (tertiary/aromatic N) is 4. The number of benzene rings is 1. The van der Waals surface area contributed by atoms with Crippen LogP contribution in [0.5, 0.6) is 0 Å². The summed E-state index contributed by atoms with van der Waals surface area (Å²) < 4.78 is 15.3. The molecule has 116 valence electrons. The second-order valence-electron chi connectivity index (χ2n) is 5.72. The van der Waals surface area contributed by atoms with Gasteiger partial charge in [-0.25, -0.2) is 9.07 Å². The molecule has 1 aliphatic rings.